The normalized spacial score (nSPS) is 34.5. The molecular formula is C19H16INO7. The van der Waals surface area contributed by atoms with Gasteiger partial charge < -0.3 is 15.9 Å². The van der Waals surface area contributed by atoms with Crippen LogP contribution in [0, 0.1) is 27.2 Å². The average molecular weight is 497 g/mol. The Hall–Kier alpha value is -2.14. The molecule has 2 fully saturated rings. The van der Waals surface area contributed by atoms with Crippen LogP contribution in [0.25, 0.3) is 0 Å². The van der Waals surface area contributed by atoms with Gasteiger partial charge >= 0.3 is 0 Å². The fraction of sp³-hybridized carbons (Fsp3) is 0.421. The van der Waals surface area contributed by atoms with E-state index in [1.807, 2.05) is 22.6 Å². The zero-order valence-electron chi connectivity index (χ0n) is 14.5. The summed E-state index contributed by atoms with van der Waals surface area (Å²) in [7, 11) is 0. The summed E-state index contributed by atoms with van der Waals surface area (Å²) < 4.78 is 0.759. The van der Waals surface area contributed by atoms with E-state index >= 15 is 0 Å². The molecule has 0 aromatic heterocycles. The Morgan fingerprint density at radius 3 is 2.46 bits per heavy atom. The molecule has 5 atom stereocenters. The zero-order valence-corrected chi connectivity index (χ0v) is 16.6. The van der Waals surface area contributed by atoms with Gasteiger partial charge in [-0.3, -0.25) is 24.0 Å². The lowest BCUT2D eigenvalue weighted by molar-refractivity contribution is -0.175. The number of benzene rings is 1. The Balaban J connectivity index is 1.82. The summed E-state index contributed by atoms with van der Waals surface area (Å²) in [6.07, 6.45) is 0.0775. The van der Waals surface area contributed by atoms with Crippen LogP contribution in [0.2, 0.25) is 0 Å². The molecule has 8 nitrogen and oxygen atoms in total. The fourth-order valence-electron chi connectivity index (χ4n) is 4.93. The van der Waals surface area contributed by atoms with Crippen molar-refractivity contribution in [3.8, 4) is 5.75 Å². The highest BCUT2D eigenvalue weighted by atomic mass is 127. The third-order valence-electron chi connectivity index (χ3n) is 6.23. The van der Waals surface area contributed by atoms with Crippen LogP contribution in [0.5, 0.6) is 5.75 Å². The summed E-state index contributed by atoms with van der Waals surface area (Å²) in [4.78, 5) is 62.8. The number of phenols is 1. The number of hydrogen-bond donors (Lipinski definition) is 3. The highest BCUT2D eigenvalue weighted by Gasteiger charge is 2.66. The van der Waals surface area contributed by atoms with E-state index in [0.717, 1.165) is 3.57 Å². The molecule has 4 N–H and O–H groups in total. The van der Waals surface area contributed by atoms with Crippen LogP contribution >= 0.6 is 22.6 Å². The molecule has 9 heteroatoms. The number of carbonyl (C=O) groups is 5. The number of halogens is 1. The number of phenolic OH excluding ortho intramolecular Hbond substituents is 1. The summed E-state index contributed by atoms with van der Waals surface area (Å²) >= 11 is 2.04. The van der Waals surface area contributed by atoms with Crippen LogP contribution in [0.15, 0.2) is 12.1 Å². The number of primary amides is 1. The molecule has 2 saturated carbocycles. The quantitative estimate of drug-likeness (QED) is 0.363. The topological polar surface area (TPSA) is 152 Å². The molecule has 3 aliphatic carbocycles. The summed E-state index contributed by atoms with van der Waals surface area (Å²) in [6, 6.07) is 3.02. The van der Waals surface area contributed by atoms with E-state index in [0.29, 0.717) is 12.0 Å². The molecule has 0 radical (unpaired) electrons. The molecule has 1 aromatic rings. The third kappa shape index (κ3) is 2.35. The number of aromatic hydroxyl groups is 1. The number of amides is 1. The van der Waals surface area contributed by atoms with Crippen LogP contribution in [-0.4, -0.2) is 44.9 Å². The Morgan fingerprint density at radius 2 is 1.82 bits per heavy atom. The lowest BCUT2D eigenvalue weighted by Crippen LogP contribution is -2.68. The maximum Gasteiger partial charge on any atom is 0.235 e. The maximum atomic E-state index is 13.2. The Kier molecular flexibility index (Phi) is 4.23. The lowest BCUT2D eigenvalue weighted by Gasteiger charge is -2.48. The van der Waals surface area contributed by atoms with Crippen molar-refractivity contribution in [2.45, 2.75) is 24.9 Å². The largest absolute Gasteiger partial charge is 0.507 e. The molecule has 0 aliphatic heterocycles. The minimum absolute atomic E-state index is 0.0225. The van der Waals surface area contributed by atoms with Crippen molar-refractivity contribution >= 4 is 51.6 Å². The fourth-order valence-corrected chi connectivity index (χ4v) is 5.60. The van der Waals surface area contributed by atoms with E-state index in [9.17, 15) is 34.2 Å². The molecular weight excluding hydrogens is 481 g/mol. The van der Waals surface area contributed by atoms with Crippen molar-refractivity contribution in [3.63, 3.8) is 0 Å². The highest BCUT2D eigenvalue weighted by molar-refractivity contribution is 14.1. The lowest BCUT2D eigenvalue weighted by atomic mass is 9.54. The second-order valence-corrected chi connectivity index (χ2v) is 8.82. The van der Waals surface area contributed by atoms with Gasteiger partial charge in [-0.1, -0.05) is 0 Å². The first-order valence-electron chi connectivity index (χ1n) is 8.76. The molecule has 1 amide bonds. The van der Waals surface area contributed by atoms with E-state index in [1.54, 1.807) is 6.07 Å². The van der Waals surface area contributed by atoms with Crippen LogP contribution < -0.4 is 5.73 Å². The number of fused-ring (bicyclic) bond motifs is 3. The van der Waals surface area contributed by atoms with Gasteiger partial charge in [-0.25, -0.2) is 0 Å². The van der Waals surface area contributed by atoms with Crippen molar-refractivity contribution in [2.75, 3.05) is 0 Å². The Morgan fingerprint density at radius 1 is 1.14 bits per heavy atom. The SMILES string of the molecule is NC(=O)C1C(=O)C[C@@H]2C[C@@H]3Cc4c(I)ccc(O)c4C(=O)C3C(=O)[C@]2(O)C1=O. The van der Waals surface area contributed by atoms with Crippen LogP contribution in [0.1, 0.15) is 28.8 Å². The van der Waals surface area contributed by atoms with Crippen molar-refractivity contribution in [1.29, 1.82) is 0 Å². The number of rotatable bonds is 1. The van der Waals surface area contributed by atoms with Crippen molar-refractivity contribution in [3.05, 3.63) is 26.8 Å². The molecule has 0 saturated heterocycles. The van der Waals surface area contributed by atoms with Crippen molar-refractivity contribution in [1.82, 2.24) is 0 Å². The van der Waals surface area contributed by atoms with E-state index in [2.05, 4.69) is 0 Å². The molecule has 3 aliphatic rings. The first kappa shape index (κ1) is 19.2. The van der Waals surface area contributed by atoms with Gasteiger partial charge in [0.25, 0.3) is 0 Å². The van der Waals surface area contributed by atoms with Gasteiger partial charge in [-0.2, -0.15) is 0 Å². The number of Topliss-reactive ketones (excluding diaryl/α,β-unsaturated/α-hetero) is 4. The predicted octanol–water partition coefficient (Wildman–Crippen LogP) is -0.0685. The average Bonchev–Trinajstić information content (AvgIpc) is 2.61. The van der Waals surface area contributed by atoms with Gasteiger partial charge in [0.05, 0.1) is 11.5 Å². The monoisotopic (exact) mass is 497 g/mol. The van der Waals surface area contributed by atoms with Gasteiger partial charge in [-0.05, 0) is 59.0 Å². The summed E-state index contributed by atoms with van der Waals surface area (Å²) in [6.45, 7) is 0. The smallest absolute Gasteiger partial charge is 0.235 e. The van der Waals surface area contributed by atoms with Crippen LogP contribution in [0.3, 0.4) is 0 Å². The van der Waals surface area contributed by atoms with Gasteiger partial charge in [-0.15, -0.1) is 0 Å². The molecule has 0 bridgehead atoms. The van der Waals surface area contributed by atoms with E-state index in [-0.39, 0.29) is 24.2 Å². The third-order valence-corrected chi connectivity index (χ3v) is 7.24. The Labute approximate surface area is 172 Å². The maximum absolute atomic E-state index is 13.2. The number of aliphatic hydroxyl groups is 1. The van der Waals surface area contributed by atoms with Gasteiger partial charge in [0, 0.05) is 15.9 Å². The number of ketones is 4. The first-order chi connectivity index (χ1) is 13.1. The Bertz CT molecular complexity index is 987. The minimum atomic E-state index is -2.60. The zero-order chi connectivity index (χ0) is 20.5. The molecule has 28 heavy (non-hydrogen) atoms. The second kappa shape index (κ2) is 6.18. The number of nitrogens with two attached hydrogens (primary N) is 1. The van der Waals surface area contributed by atoms with Gasteiger partial charge in [0.15, 0.2) is 34.7 Å². The van der Waals surface area contributed by atoms with E-state index in [1.165, 1.54) is 6.07 Å². The number of carbonyl (C=O) groups excluding carboxylic acids is 5. The van der Waals surface area contributed by atoms with Crippen LogP contribution in [0.4, 0.5) is 0 Å². The summed E-state index contributed by atoms with van der Waals surface area (Å²) in [5.41, 5.74) is 3.17. The predicted molar refractivity (Wildman–Crippen MR) is 101 cm³/mol. The van der Waals surface area contributed by atoms with Gasteiger partial charge in [0.1, 0.15) is 5.75 Å². The minimum Gasteiger partial charge on any atom is -0.507 e. The molecule has 0 spiro atoms. The molecule has 0 heterocycles. The van der Waals surface area contributed by atoms with Crippen molar-refractivity contribution < 1.29 is 34.2 Å². The molecule has 2 unspecified atom stereocenters. The van der Waals surface area contributed by atoms with Crippen LogP contribution in [-0.2, 0) is 25.6 Å². The van der Waals surface area contributed by atoms with E-state index < -0.39 is 58.3 Å². The van der Waals surface area contributed by atoms with Gasteiger partial charge in [0.2, 0.25) is 5.91 Å². The highest BCUT2D eigenvalue weighted by Crippen LogP contribution is 2.50. The first-order valence-corrected chi connectivity index (χ1v) is 9.84. The van der Waals surface area contributed by atoms with Crippen molar-refractivity contribution in [2.24, 2.45) is 29.4 Å². The summed E-state index contributed by atoms with van der Waals surface area (Å²) in [5, 5.41) is 21.2. The number of hydrogen-bond acceptors (Lipinski definition) is 7. The second-order valence-electron chi connectivity index (χ2n) is 7.66. The molecule has 146 valence electrons. The molecule has 4 rings (SSSR count). The molecule has 1 aromatic carbocycles. The summed E-state index contributed by atoms with van der Waals surface area (Å²) in [5.74, 6) is -9.80. The standard InChI is InChI=1S/C19H16INO7/c20-9-1-2-10(22)13-8(9)4-6-3-7-5-11(23)14(18(21)27)17(26)19(7,28)16(25)12(6)15(13)24/h1-2,6-7,12,14,22,28H,3-5H2,(H2,21,27)/t6-,7+,12?,14?,19+/m1/s1. The van der Waals surface area contributed by atoms with E-state index in [4.69, 9.17) is 5.73 Å².